The van der Waals surface area contributed by atoms with E-state index in [1.807, 2.05) is 6.92 Å². The number of nitrogens with zero attached hydrogens (tertiary/aromatic N) is 1. The fourth-order valence-corrected chi connectivity index (χ4v) is 4.89. The van der Waals surface area contributed by atoms with E-state index in [-0.39, 0.29) is 24.1 Å². The Hall–Kier alpha value is -1.64. The van der Waals surface area contributed by atoms with Crippen molar-refractivity contribution in [3.8, 4) is 0 Å². The van der Waals surface area contributed by atoms with Gasteiger partial charge in [-0.3, -0.25) is 0 Å². The minimum absolute atomic E-state index is 0.175. The number of hydrogen-bond acceptors (Lipinski definition) is 5. The molecule has 3 rings (SSSR count). The third-order valence-corrected chi connectivity index (χ3v) is 6.73. The lowest BCUT2D eigenvalue weighted by Gasteiger charge is -2.28. The van der Waals surface area contributed by atoms with Gasteiger partial charge >= 0.3 is 6.09 Å². The third-order valence-electron chi connectivity index (χ3n) is 4.90. The Morgan fingerprint density at radius 3 is 2.68 bits per heavy atom. The number of aryl methyl sites for hydroxylation is 1. The second kappa shape index (κ2) is 6.93. The van der Waals surface area contributed by atoms with E-state index >= 15 is 0 Å². The first-order chi connectivity index (χ1) is 11.9. The van der Waals surface area contributed by atoms with Crippen LogP contribution in [0.5, 0.6) is 0 Å². The molecule has 2 N–H and O–H groups in total. The fourth-order valence-electron chi connectivity index (χ4n) is 3.37. The van der Waals surface area contributed by atoms with Crippen LogP contribution in [0.15, 0.2) is 29.2 Å². The first-order valence-electron chi connectivity index (χ1n) is 8.62. The highest BCUT2D eigenvalue weighted by molar-refractivity contribution is 7.89. The van der Waals surface area contributed by atoms with Crippen LogP contribution < -0.4 is 10.6 Å². The molecule has 1 aromatic rings. The van der Waals surface area contributed by atoms with Crippen LogP contribution in [0.2, 0.25) is 0 Å². The first kappa shape index (κ1) is 18.2. The number of carbonyl (C=O) groups is 1. The van der Waals surface area contributed by atoms with Crippen molar-refractivity contribution < 1.29 is 17.9 Å². The van der Waals surface area contributed by atoms with Gasteiger partial charge in [-0.05, 0) is 32.0 Å². The summed E-state index contributed by atoms with van der Waals surface area (Å²) in [6.45, 7) is 5.48. The average Bonchev–Trinajstić information content (AvgIpc) is 3.12. The quantitative estimate of drug-likeness (QED) is 0.739. The molecule has 0 radical (unpaired) electrons. The van der Waals surface area contributed by atoms with Crippen molar-refractivity contribution in [2.75, 3.05) is 26.2 Å². The van der Waals surface area contributed by atoms with Crippen molar-refractivity contribution in [3.63, 3.8) is 0 Å². The van der Waals surface area contributed by atoms with Gasteiger partial charge in [0.25, 0.3) is 0 Å². The number of hydrogen-bond donors (Lipinski definition) is 2. The second-order valence-electron chi connectivity index (χ2n) is 6.83. The molecule has 2 saturated heterocycles. The van der Waals surface area contributed by atoms with E-state index in [9.17, 15) is 13.2 Å². The topological polar surface area (TPSA) is 87.7 Å². The zero-order valence-electron chi connectivity index (χ0n) is 14.6. The van der Waals surface area contributed by atoms with Gasteiger partial charge in [-0.1, -0.05) is 31.0 Å². The highest BCUT2D eigenvalue weighted by Gasteiger charge is 2.54. The molecule has 2 atom stereocenters. The average molecular weight is 367 g/mol. The summed E-state index contributed by atoms with van der Waals surface area (Å²) in [5.74, 6) is 0. The molecule has 0 aromatic heterocycles. The molecule has 2 heterocycles. The van der Waals surface area contributed by atoms with Crippen molar-refractivity contribution in [1.29, 1.82) is 0 Å². The van der Waals surface area contributed by atoms with Crippen LogP contribution in [0.4, 0.5) is 4.79 Å². The monoisotopic (exact) mass is 367 g/mol. The van der Waals surface area contributed by atoms with E-state index in [1.54, 1.807) is 24.3 Å². The zero-order valence-corrected chi connectivity index (χ0v) is 15.4. The van der Waals surface area contributed by atoms with Gasteiger partial charge in [0, 0.05) is 19.1 Å². The lowest BCUT2D eigenvalue weighted by Crippen LogP contribution is -2.58. The number of nitrogens with one attached hydrogen (secondary N) is 2. The molecule has 138 valence electrons. The standard InChI is InChI=1S/C17H25N3O4S/c1-3-4-9-18-15-10-20(11-17(15)12-24-16(21)19-17)25(22,23)14-7-5-13(2)6-8-14/h5-8,15,18H,3-4,9-12H2,1-2H3,(H,19,21)/t15-,17+/m0/s1. The van der Waals surface area contributed by atoms with Gasteiger partial charge in [0.1, 0.15) is 12.1 Å². The summed E-state index contributed by atoms with van der Waals surface area (Å²) >= 11 is 0. The number of carbonyl (C=O) groups excluding carboxylic acids is 1. The lowest BCUT2D eigenvalue weighted by molar-refractivity contribution is 0.170. The Labute approximate surface area is 148 Å². The maximum atomic E-state index is 13.0. The molecular weight excluding hydrogens is 342 g/mol. The summed E-state index contributed by atoms with van der Waals surface area (Å²) in [6.07, 6.45) is 1.55. The molecule has 25 heavy (non-hydrogen) atoms. The minimum Gasteiger partial charge on any atom is -0.447 e. The molecule has 0 aliphatic carbocycles. The van der Waals surface area contributed by atoms with Crippen LogP contribution in [-0.2, 0) is 14.8 Å². The predicted octanol–water partition coefficient (Wildman–Crippen LogP) is 1.24. The van der Waals surface area contributed by atoms with Crippen LogP contribution in [0.1, 0.15) is 25.3 Å². The molecule has 0 unspecified atom stereocenters. The van der Waals surface area contributed by atoms with E-state index in [1.165, 1.54) is 4.31 Å². The van der Waals surface area contributed by atoms with E-state index in [2.05, 4.69) is 17.6 Å². The molecule has 1 spiro atoms. The number of benzene rings is 1. The van der Waals surface area contributed by atoms with Crippen molar-refractivity contribution >= 4 is 16.1 Å². The van der Waals surface area contributed by atoms with E-state index < -0.39 is 21.7 Å². The number of ether oxygens (including phenoxy) is 1. The summed E-state index contributed by atoms with van der Waals surface area (Å²) < 4.78 is 32.5. The molecule has 1 amide bonds. The zero-order chi connectivity index (χ0) is 18.1. The molecule has 2 aliphatic heterocycles. The summed E-state index contributed by atoms with van der Waals surface area (Å²) in [7, 11) is -3.61. The number of unbranched alkanes of at least 4 members (excludes halogenated alkanes) is 1. The van der Waals surface area contributed by atoms with E-state index in [0.29, 0.717) is 6.54 Å². The summed E-state index contributed by atoms with van der Waals surface area (Å²) in [5.41, 5.74) is 0.301. The summed E-state index contributed by atoms with van der Waals surface area (Å²) in [5, 5.41) is 6.24. The van der Waals surface area contributed by atoms with Gasteiger partial charge in [-0.2, -0.15) is 4.31 Å². The largest absolute Gasteiger partial charge is 0.447 e. The maximum absolute atomic E-state index is 13.0. The van der Waals surface area contributed by atoms with Gasteiger partial charge in [0.2, 0.25) is 10.0 Å². The van der Waals surface area contributed by atoms with Crippen molar-refractivity contribution in [2.24, 2.45) is 0 Å². The van der Waals surface area contributed by atoms with Crippen molar-refractivity contribution in [2.45, 2.75) is 43.2 Å². The Morgan fingerprint density at radius 2 is 2.08 bits per heavy atom. The van der Waals surface area contributed by atoms with E-state index in [4.69, 9.17) is 4.74 Å². The molecule has 7 nitrogen and oxygen atoms in total. The van der Waals surface area contributed by atoms with Gasteiger partial charge in [-0.15, -0.1) is 0 Å². The lowest BCUT2D eigenvalue weighted by atomic mass is 9.95. The molecule has 0 saturated carbocycles. The van der Waals surface area contributed by atoms with Gasteiger partial charge < -0.3 is 15.4 Å². The molecule has 2 fully saturated rings. The van der Waals surface area contributed by atoms with Gasteiger partial charge in [0.05, 0.1) is 4.90 Å². The van der Waals surface area contributed by atoms with Gasteiger partial charge in [0.15, 0.2) is 0 Å². The predicted molar refractivity (Wildman–Crippen MR) is 93.9 cm³/mol. The smallest absolute Gasteiger partial charge is 0.407 e. The Kier molecular flexibility index (Phi) is 5.04. The Balaban J connectivity index is 1.83. The highest BCUT2D eigenvalue weighted by Crippen LogP contribution is 2.30. The minimum atomic E-state index is -3.61. The first-order valence-corrected chi connectivity index (χ1v) is 10.1. The molecule has 8 heteroatoms. The normalized spacial score (nSPS) is 26.8. The van der Waals surface area contributed by atoms with Crippen LogP contribution in [-0.4, -0.2) is 56.6 Å². The fraction of sp³-hybridized carbons (Fsp3) is 0.588. The number of rotatable bonds is 6. The number of sulfonamides is 1. The summed E-state index contributed by atoms with van der Waals surface area (Å²) in [6, 6.07) is 6.65. The van der Waals surface area contributed by atoms with Gasteiger partial charge in [-0.25, -0.2) is 13.2 Å². The Bertz CT molecular complexity index is 735. The number of amides is 1. The number of cyclic esters (lactones) is 1. The third kappa shape index (κ3) is 3.51. The van der Waals surface area contributed by atoms with Crippen LogP contribution in [0.25, 0.3) is 0 Å². The number of alkyl carbamates (subject to hydrolysis) is 1. The van der Waals surface area contributed by atoms with Crippen LogP contribution in [0, 0.1) is 6.92 Å². The van der Waals surface area contributed by atoms with Crippen molar-refractivity contribution in [1.82, 2.24) is 14.9 Å². The van der Waals surface area contributed by atoms with Crippen LogP contribution >= 0.6 is 0 Å². The second-order valence-corrected chi connectivity index (χ2v) is 8.77. The molecule has 1 aromatic carbocycles. The van der Waals surface area contributed by atoms with Crippen LogP contribution in [0.3, 0.4) is 0 Å². The highest BCUT2D eigenvalue weighted by atomic mass is 32.2. The van der Waals surface area contributed by atoms with E-state index in [0.717, 1.165) is 24.9 Å². The Morgan fingerprint density at radius 1 is 1.36 bits per heavy atom. The molecule has 2 aliphatic rings. The molecular formula is C17H25N3O4S. The maximum Gasteiger partial charge on any atom is 0.407 e. The molecule has 0 bridgehead atoms. The SMILES string of the molecule is CCCCN[C@H]1CN(S(=O)(=O)c2ccc(C)cc2)C[C@@]12COC(=O)N2. The summed E-state index contributed by atoms with van der Waals surface area (Å²) in [4.78, 5) is 11.9. The van der Waals surface area contributed by atoms with Crippen molar-refractivity contribution in [3.05, 3.63) is 29.8 Å².